The Morgan fingerprint density at radius 1 is 1.17 bits per heavy atom. The van der Waals surface area contributed by atoms with E-state index in [9.17, 15) is 18.0 Å². The largest absolute Gasteiger partial charge is 0.418 e. The van der Waals surface area contributed by atoms with Crippen molar-refractivity contribution in [3.05, 3.63) is 59.5 Å². The van der Waals surface area contributed by atoms with Gasteiger partial charge in [0.1, 0.15) is 16.3 Å². The number of anilines is 1. The lowest BCUT2D eigenvalue weighted by atomic mass is 9.87. The molecule has 0 atom stereocenters. The number of ether oxygens (including phenoxy) is 1. The van der Waals surface area contributed by atoms with Crippen molar-refractivity contribution in [3.63, 3.8) is 0 Å². The molecule has 10 heteroatoms. The van der Waals surface area contributed by atoms with E-state index in [1.807, 2.05) is 0 Å². The van der Waals surface area contributed by atoms with E-state index in [4.69, 9.17) is 16.3 Å². The highest BCUT2D eigenvalue weighted by Gasteiger charge is 2.49. The van der Waals surface area contributed by atoms with Gasteiger partial charge in [-0.25, -0.2) is 9.78 Å². The third-order valence-electron chi connectivity index (χ3n) is 4.12. The lowest BCUT2D eigenvalue weighted by Crippen LogP contribution is -2.37. The minimum atomic E-state index is -4.47. The maximum Gasteiger partial charge on any atom is 0.418 e. The Labute approximate surface area is 173 Å². The second-order valence-corrected chi connectivity index (χ2v) is 7.88. The number of pyridine rings is 1. The van der Waals surface area contributed by atoms with Gasteiger partial charge in [0.05, 0.1) is 10.6 Å². The van der Waals surface area contributed by atoms with Crippen LogP contribution in [0.25, 0.3) is 10.4 Å². The summed E-state index contributed by atoms with van der Waals surface area (Å²) in [5, 5.41) is 2.66. The number of rotatable bonds is 4. The van der Waals surface area contributed by atoms with Gasteiger partial charge >= 0.3 is 12.3 Å². The van der Waals surface area contributed by atoms with E-state index >= 15 is 0 Å². The molecule has 0 aliphatic rings. The fraction of sp³-hybridized carbons (Fsp3) is 0.211. The standard InChI is InChI=1S/C19H15ClF3N3O2S/c1-18(2,19(21,22)23)13-10-11(8-9-24-13)14-15(20)25-16(29-14)26-17(27)28-12-6-4-3-5-7-12/h3-10H,1-2H3,(H,25,26,27). The van der Waals surface area contributed by atoms with Crippen molar-refractivity contribution in [2.24, 2.45) is 0 Å². The Morgan fingerprint density at radius 3 is 2.52 bits per heavy atom. The van der Waals surface area contributed by atoms with E-state index in [1.165, 1.54) is 18.3 Å². The van der Waals surface area contributed by atoms with E-state index in [-0.39, 0.29) is 16.0 Å². The zero-order valence-corrected chi connectivity index (χ0v) is 16.8. The van der Waals surface area contributed by atoms with Crippen LogP contribution in [0.3, 0.4) is 0 Å². The molecule has 2 heterocycles. The van der Waals surface area contributed by atoms with E-state index in [2.05, 4.69) is 15.3 Å². The molecule has 1 N–H and O–H groups in total. The molecular formula is C19H15ClF3N3O2S. The summed E-state index contributed by atoms with van der Waals surface area (Å²) < 4.78 is 45.1. The summed E-state index contributed by atoms with van der Waals surface area (Å²) in [4.78, 5) is 20.3. The highest BCUT2D eigenvalue weighted by atomic mass is 35.5. The van der Waals surface area contributed by atoms with Crippen LogP contribution in [-0.4, -0.2) is 22.2 Å². The van der Waals surface area contributed by atoms with Crippen LogP contribution in [-0.2, 0) is 5.41 Å². The number of hydrogen-bond acceptors (Lipinski definition) is 5. The van der Waals surface area contributed by atoms with Crippen LogP contribution < -0.4 is 10.1 Å². The fourth-order valence-electron chi connectivity index (χ4n) is 2.30. The molecule has 0 aliphatic carbocycles. The van der Waals surface area contributed by atoms with Crippen LogP contribution in [0.1, 0.15) is 19.5 Å². The predicted octanol–water partition coefficient (Wildman–Crippen LogP) is 6.31. The topological polar surface area (TPSA) is 64.1 Å². The molecule has 1 amide bonds. The van der Waals surface area contributed by atoms with E-state index in [0.717, 1.165) is 25.2 Å². The van der Waals surface area contributed by atoms with Crippen LogP contribution in [0, 0.1) is 0 Å². The Hall–Kier alpha value is -2.65. The summed E-state index contributed by atoms with van der Waals surface area (Å²) in [7, 11) is 0. The third-order valence-corrected chi connectivity index (χ3v) is 5.53. The number of carbonyl (C=O) groups is 1. The highest BCUT2D eigenvalue weighted by Crippen LogP contribution is 2.42. The molecule has 0 saturated carbocycles. The van der Waals surface area contributed by atoms with E-state index in [1.54, 1.807) is 30.3 Å². The molecule has 3 aromatic rings. The first-order valence-corrected chi connectivity index (χ1v) is 9.51. The monoisotopic (exact) mass is 441 g/mol. The second kappa shape index (κ2) is 8.00. The molecule has 0 saturated heterocycles. The Bertz CT molecular complexity index is 1020. The van der Waals surface area contributed by atoms with Gasteiger partial charge in [0.25, 0.3) is 0 Å². The number of hydrogen-bond donors (Lipinski definition) is 1. The van der Waals surface area contributed by atoms with Crippen LogP contribution in [0.4, 0.5) is 23.1 Å². The minimum absolute atomic E-state index is 0.0481. The number of carbonyl (C=O) groups excluding carboxylic acids is 1. The fourth-order valence-corrected chi connectivity index (χ4v) is 3.50. The average Bonchev–Trinajstić information content (AvgIpc) is 3.01. The number of thiazole rings is 1. The molecule has 2 aromatic heterocycles. The SMILES string of the molecule is CC(C)(c1cc(-c2sc(NC(=O)Oc3ccccc3)nc2Cl)ccn1)C(F)(F)F. The van der Waals surface area contributed by atoms with Crippen molar-refractivity contribution >= 4 is 34.2 Å². The first-order valence-electron chi connectivity index (χ1n) is 8.32. The minimum Gasteiger partial charge on any atom is -0.410 e. The first kappa shape index (κ1) is 21.1. The van der Waals surface area contributed by atoms with Gasteiger partial charge in [0.2, 0.25) is 0 Å². The van der Waals surface area contributed by atoms with Gasteiger partial charge in [-0.1, -0.05) is 41.1 Å². The summed E-state index contributed by atoms with van der Waals surface area (Å²) in [6.45, 7) is 2.11. The number of halogens is 4. The Kier molecular flexibility index (Phi) is 5.81. The first-order chi connectivity index (χ1) is 13.6. The van der Waals surface area contributed by atoms with E-state index < -0.39 is 17.7 Å². The van der Waals surface area contributed by atoms with Gasteiger partial charge in [-0.3, -0.25) is 10.3 Å². The number of amides is 1. The van der Waals surface area contributed by atoms with Crippen molar-refractivity contribution in [2.75, 3.05) is 5.32 Å². The molecule has 0 spiro atoms. The highest BCUT2D eigenvalue weighted by molar-refractivity contribution is 7.19. The van der Waals surface area contributed by atoms with Gasteiger partial charge in [-0.05, 0) is 43.7 Å². The number of alkyl halides is 3. The number of para-hydroxylation sites is 1. The lowest BCUT2D eigenvalue weighted by Gasteiger charge is -2.27. The molecule has 0 bridgehead atoms. The molecule has 5 nitrogen and oxygen atoms in total. The van der Waals surface area contributed by atoms with Crippen molar-refractivity contribution in [3.8, 4) is 16.2 Å². The van der Waals surface area contributed by atoms with Gasteiger partial charge in [-0.15, -0.1) is 0 Å². The van der Waals surface area contributed by atoms with Gasteiger partial charge in [0.15, 0.2) is 5.13 Å². The molecule has 3 rings (SSSR count). The normalized spacial score (nSPS) is 11.9. The number of aromatic nitrogens is 2. The second-order valence-electron chi connectivity index (χ2n) is 6.52. The lowest BCUT2D eigenvalue weighted by molar-refractivity contribution is -0.181. The van der Waals surface area contributed by atoms with Crippen molar-refractivity contribution < 1.29 is 22.7 Å². The zero-order chi connectivity index (χ0) is 21.2. The van der Waals surface area contributed by atoms with Crippen molar-refractivity contribution in [1.29, 1.82) is 0 Å². The smallest absolute Gasteiger partial charge is 0.410 e. The molecular weight excluding hydrogens is 427 g/mol. The van der Waals surface area contributed by atoms with E-state index in [0.29, 0.717) is 16.2 Å². The molecule has 0 radical (unpaired) electrons. The number of benzene rings is 1. The maximum atomic E-state index is 13.3. The van der Waals surface area contributed by atoms with Crippen LogP contribution in [0.2, 0.25) is 5.15 Å². The Balaban J connectivity index is 1.82. The van der Waals surface area contributed by atoms with Gasteiger partial charge in [0, 0.05) is 6.20 Å². The summed E-state index contributed by atoms with van der Waals surface area (Å²) in [5.74, 6) is 0.348. The quantitative estimate of drug-likeness (QED) is 0.515. The summed E-state index contributed by atoms with van der Waals surface area (Å²) in [6.07, 6.45) is -3.95. The number of nitrogens with zero attached hydrogens (tertiary/aromatic N) is 2. The third kappa shape index (κ3) is 4.68. The molecule has 29 heavy (non-hydrogen) atoms. The predicted molar refractivity (Wildman–Crippen MR) is 106 cm³/mol. The average molecular weight is 442 g/mol. The van der Waals surface area contributed by atoms with Gasteiger partial charge in [-0.2, -0.15) is 13.2 Å². The molecule has 1 aromatic carbocycles. The maximum absolute atomic E-state index is 13.3. The van der Waals surface area contributed by atoms with Gasteiger partial charge < -0.3 is 4.74 Å². The van der Waals surface area contributed by atoms with Crippen LogP contribution in [0.15, 0.2) is 48.7 Å². The van der Waals surface area contributed by atoms with Crippen molar-refractivity contribution in [2.45, 2.75) is 25.4 Å². The molecule has 0 fully saturated rings. The summed E-state index contributed by atoms with van der Waals surface area (Å²) in [5.41, 5.74) is -1.87. The van der Waals surface area contributed by atoms with Crippen LogP contribution >= 0.6 is 22.9 Å². The van der Waals surface area contributed by atoms with Crippen molar-refractivity contribution in [1.82, 2.24) is 9.97 Å². The summed E-state index contributed by atoms with van der Waals surface area (Å²) in [6, 6.07) is 11.3. The molecule has 0 aliphatic heterocycles. The Morgan fingerprint density at radius 2 is 1.86 bits per heavy atom. The summed E-state index contributed by atoms with van der Waals surface area (Å²) >= 11 is 7.16. The zero-order valence-electron chi connectivity index (χ0n) is 15.2. The number of nitrogens with one attached hydrogen (secondary N) is 1. The van der Waals surface area contributed by atoms with Crippen LogP contribution in [0.5, 0.6) is 5.75 Å². The molecule has 152 valence electrons. The molecule has 0 unspecified atom stereocenters.